The summed E-state index contributed by atoms with van der Waals surface area (Å²) in [6.07, 6.45) is 7.15. The summed E-state index contributed by atoms with van der Waals surface area (Å²) in [6.45, 7) is 4.05. The molecule has 0 spiro atoms. The summed E-state index contributed by atoms with van der Waals surface area (Å²) in [4.78, 5) is 8.55. The number of pyridine rings is 1. The van der Waals surface area contributed by atoms with Crippen LogP contribution in [0.1, 0.15) is 43.7 Å². The highest BCUT2D eigenvalue weighted by Gasteiger charge is 2.29. The normalized spacial score (nSPS) is 22.2. The van der Waals surface area contributed by atoms with E-state index in [-0.39, 0.29) is 0 Å². The number of fused-ring (bicyclic) bond motifs is 3. The van der Waals surface area contributed by atoms with Gasteiger partial charge in [0.25, 0.3) is 0 Å². The molecule has 0 atom stereocenters. The van der Waals surface area contributed by atoms with Crippen molar-refractivity contribution < 1.29 is 4.74 Å². The molecular formula is C25H28N2OS. The third kappa shape index (κ3) is 4.01. The standard InChI is InChI=1S/C25H28N2OS/c1-18-9-11-21(12-10-18)27-15-19-14-20(16-29-22-6-3-2-4-7-22)23-8-5-13-26-24(23)25(19)28-17-27/h2-8,13-14,18,21H,9-12,15-17H2,1H3. The van der Waals surface area contributed by atoms with Crippen LogP contribution in [-0.4, -0.2) is 22.7 Å². The quantitative estimate of drug-likeness (QED) is 0.479. The lowest BCUT2D eigenvalue weighted by Crippen LogP contribution is -2.42. The number of rotatable bonds is 4. The molecule has 3 aromatic rings. The van der Waals surface area contributed by atoms with Gasteiger partial charge in [-0.2, -0.15) is 0 Å². The zero-order chi connectivity index (χ0) is 19.6. The lowest BCUT2D eigenvalue weighted by molar-refractivity contribution is 0.0356. The molecule has 0 amide bonds. The van der Waals surface area contributed by atoms with Crippen LogP contribution >= 0.6 is 11.8 Å². The summed E-state index contributed by atoms with van der Waals surface area (Å²) in [7, 11) is 0. The minimum Gasteiger partial charge on any atom is -0.475 e. The smallest absolute Gasteiger partial charge is 0.152 e. The molecule has 0 radical (unpaired) electrons. The molecule has 1 aliphatic carbocycles. The molecule has 0 unspecified atom stereocenters. The average Bonchev–Trinajstić information content (AvgIpc) is 2.78. The van der Waals surface area contributed by atoms with Gasteiger partial charge in [-0.15, -0.1) is 11.8 Å². The van der Waals surface area contributed by atoms with Gasteiger partial charge >= 0.3 is 0 Å². The molecule has 29 heavy (non-hydrogen) atoms. The van der Waals surface area contributed by atoms with Crippen molar-refractivity contribution in [2.45, 2.75) is 55.8 Å². The Hall–Kier alpha value is -2.04. The predicted octanol–water partition coefficient (Wildman–Crippen LogP) is 6.26. The predicted molar refractivity (Wildman–Crippen MR) is 120 cm³/mol. The van der Waals surface area contributed by atoms with E-state index in [1.165, 1.54) is 47.1 Å². The van der Waals surface area contributed by atoms with E-state index in [1.807, 2.05) is 24.0 Å². The minimum atomic E-state index is 0.654. The first kappa shape index (κ1) is 19.0. The number of hydrogen-bond acceptors (Lipinski definition) is 4. The third-order valence-electron chi connectivity index (χ3n) is 6.40. The second-order valence-corrected chi connectivity index (χ2v) is 9.51. The molecule has 0 saturated heterocycles. The monoisotopic (exact) mass is 404 g/mol. The van der Waals surface area contributed by atoms with E-state index < -0.39 is 0 Å². The second-order valence-electron chi connectivity index (χ2n) is 8.46. The van der Waals surface area contributed by atoms with Crippen molar-refractivity contribution in [1.29, 1.82) is 0 Å². The molecule has 3 nitrogen and oxygen atoms in total. The molecule has 0 bridgehead atoms. The fourth-order valence-electron chi connectivity index (χ4n) is 4.68. The lowest BCUT2D eigenvalue weighted by atomic mass is 9.86. The highest BCUT2D eigenvalue weighted by Crippen LogP contribution is 2.38. The Bertz CT molecular complexity index is 983. The van der Waals surface area contributed by atoms with Crippen LogP contribution in [0.4, 0.5) is 0 Å². The molecule has 1 saturated carbocycles. The Balaban J connectivity index is 1.43. The molecule has 0 N–H and O–H groups in total. The van der Waals surface area contributed by atoms with Gasteiger partial charge in [-0.1, -0.05) is 31.2 Å². The van der Waals surface area contributed by atoms with E-state index in [2.05, 4.69) is 54.3 Å². The maximum Gasteiger partial charge on any atom is 0.152 e. The van der Waals surface area contributed by atoms with Crippen molar-refractivity contribution in [3.63, 3.8) is 0 Å². The average molecular weight is 405 g/mol. The van der Waals surface area contributed by atoms with E-state index in [0.717, 1.165) is 29.5 Å². The summed E-state index contributed by atoms with van der Waals surface area (Å²) < 4.78 is 6.30. The highest BCUT2D eigenvalue weighted by atomic mass is 32.2. The fraction of sp³-hybridized carbons (Fsp3) is 0.400. The van der Waals surface area contributed by atoms with Crippen LogP contribution < -0.4 is 4.74 Å². The molecule has 2 aliphatic rings. The maximum atomic E-state index is 6.30. The van der Waals surface area contributed by atoms with Gasteiger partial charge in [-0.05, 0) is 61.4 Å². The van der Waals surface area contributed by atoms with Gasteiger partial charge in [0, 0.05) is 40.4 Å². The Morgan fingerprint density at radius 3 is 2.72 bits per heavy atom. The first-order valence-corrected chi connectivity index (χ1v) is 11.7. The van der Waals surface area contributed by atoms with Crippen molar-refractivity contribution in [1.82, 2.24) is 9.88 Å². The summed E-state index contributed by atoms with van der Waals surface area (Å²) in [5.41, 5.74) is 3.67. The summed E-state index contributed by atoms with van der Waals surface area (Å²) in [5, 5.41) is 1.22. The first-order chi connectivity index (χ1) is 14.3. The molecule has 2 heterocycles. The third-order valence-corrected chi connectivity index (χ3v) is 7.46. The van der Waals surface area contributed by atoms with Crippen molar-refractivity contribution in [3.8, 4) is 5.75 Å². The van der Waals surface area contributed by atoms with E-state index in [9.17, 15) is 0 Å². The van der Waals surface area contributed by atoms with E-state index in [1.54, 1.807) is 0 Å². The van der Waals surface area contributed by atoms with Gasteiger partial charge in [0.2, 0.25) is 0 Å². The Kier molecular flexibility index (Phi) is 5.47. The molecule has 5 rings (SSSR count). The van der Waals surface area contributed by atoms with Crippen LogP contribution in [0, 0.1) is 5.92 Å². The molecule has 1 aliphatic heterocycles. The van der Waals surface area contributed by atoms with E-state index in [0.29, 0.717) is 12.8 Å². The number of nitrogens with zero attached hydrogens (tertiary/aromatic N) is 2. The maximum absolute atomic E-state index is 6.30. The number of ether oxygens (including phenoxy) is 1. The van der Waals surface area contributed by atoms with Crippen LogP contribution in [0.2, 0.25) is 0 Å². The number of hydrogen-bond donors (Lipinski definition) is 0. The van der Waals surface area contributed by atoms with Crippen molar-refractivity contribution in [3.05, 3.63) is 65.9 Å². The van der Waals surface area contributed by atoms with Crippen molar-refractivity contribution in [2.24, 2.45) is 5.92 Å². The van der Waals surface area contributed by atoms with Crippen LogP contribution in [-0.2, 0) is 12.3 Å². The van der Waals surface area contributed by atoms with Gasteiger partial charge < -0.3 is 4.74 Å². The van der Waals surface area contributed by atoms with Crippen LogP contribution in [0.25, 0.3) is 10.9 Å². The number of aromatic nitrogens is 1. The molecule has 2 aromatic carbocycles. The van der Waals surface area contributed by atoms with Crippen molar-refractivity contribution >= 4 is 22.7 Å². The largest absolute Gasteiger partial charge is 0.475 e. The van der Waals surface area contributed by atoms with Gasteiger partial charge in [-0.3, -0.25) is 9.88 Å². The highest BCUT2D eigenvalue weighted by molar-refractivity contribution is 7.98. The van der Waals surface area contributed by atoms with Gasteiger partial charge in [0.15, 0.2) is 5.75 Å². The van der Waals surface area contributed by atoms with E-state index in [4.69, 9.17) is 9.72 Å². The van der Waals surface area contributed by atoms with Crippen LogP contribution in [0.5, 0.6) is 5.75 Å². The lowest BCUT2D eigenvalue weighted by Gasteiger charge is -2.39. The zero-order valence-electron chi connectivity index (χ0n) is 17.0. The Labute approximate surface area is 177 Å². The molecule has 4 heteroatoms. The summed E-state index contributed by atoms with van der Waals surface area (Å²) in [5.74, 6) is 2.81. The first-order valence-electron chi connectivity index (χ1n) is 10.7. The minimum absolute atomic E-state index is 0.654. The summed E-state index contributed by atoms with van der Waals surface area (Å²) in [6, 6.07) is 17.9. The van der Waals surface area contributed by atoms with Crippen LogP contribution in [0.3, 0.4) is 0 Å². The molecule has 1 fully saturated rings. The zero-order valence-corrected chi connectivity index (χ0v) is 17.8. The molecular weight excluding hydrogens is 376 g/mol. The van der Waals surface area contributed by atoms with E-state index >= 15 is 0 Å². The Morgan fingerprint density at radius 2 is 1.90 bits per heavy atom. The van der Waals surface area contributed by atoms with Gasteiger partial charge in [0.05, 0.1) is 0 Å². The SMILES string of the molecule is CC1CCC(N2COc3c(cc(CSc4ccccc4)c4cccnc34)C2)CC1. The van der Waals surface area contributed by atoms with Crippen molar-refractivity contribution in [2.75, 3.05) is 6.73 Å². The number of thioether (sulfide) groups is 1. The van der Waals surface area contributed by atoms with Crippen LogP contribution in [0.15, 0.2) is 59.6 Å². The fourth-order valence-corrected chi connectivity index (χ4v) is 5.59. The molecule has 150 valence electrons. The topological polar surface area (TPSA) is 25.4 Å². The summed E-state index contributed by atoms with van der Waals surface area (Å²) >= 11 is 1.89. The van der Waals surface area contributed by atoms with Gasteiger partial charge in [-0.25, -0.2) is 0 Å². The van der Waals surface area contributed by atoms with Gasteiger partial charge in [0.1, 0.15) is 12.2 Å². The Morgan fingerprint density at radius 1 is 1.07 bits per heavy atom. The second kappa shape index (κ2) is 8.37. The molecule has 1 aromatic heterocycles. The number of benzene rings is 2.